The fraction of sp³-hybridized carbons (Fsp3) is 0.167. The predicted molar refractivity (Wildman–Crippen MR) is 115 cm³/mol. The van der Waals surface area contributed by atoms with Gasteiger partial charge in [-0.05, 0) is 61.0 Å². The summed E-state index contributed by atoms with van der Waals surface area (Å²) < 4.78 is 10.9. The number of para-hydroxylation sites is 2. The topological polar surface area (TPSA) is 67.9 Å². The monoisotopic (exact) mass is 402 g/mol. The molecule has 4 rings (SSSR count). The first-order valence-electron chi connectivity index (χ1n) is 9.79. The molecule has 3 aromatic rings. The van der Waals surface area contributed by atoms with E-state index in [9.17, 15) is 9.59 Å². The molecule has 0 fully saturated rings. The lowest BCUT2D eigenvalue weighted by Crippen LogP contribution is -2.38. The van der Waals surface area contributed by atoms with Gasteiger partial charge < -0.3 is 19.7 Å². The van der Waals surface area contributed by atoms with Gasteiger partial charge in [0.15, 0.2) is 6.61 Å². The molecule has 1 heterocycles. The third kappa shape index (κ3) is 4.27. The summed E-state index contributed by atoms with van der Waals surface area (Å²) in [6, 6.07) is 22.0. The van der Waals surface area contributed by atoms with Crippen molar-refractivity contribution < 1.29 is 19.1 Å². The van der Waals surface area contributed by atoms with Crippen molar-refractivity contribution in [1.29, 1.82) is 0 Å². The number of nitrogens with one attached hydrogen (secondary N) is 1. The van der Waals surface area contributed by atoms with Crippen LogP contribution in [0, 0.1) is 0 Å². The number of benzene rings is 3. The van der Waals surface area contributed by atoms with E-state index < -0.39 is 0 Å². The lowest BCUT2D eigenvalue weighted by Gasteiger charge is -2.29. The van der Waals surface area contributed by atoms with Crippen molar-refractivity contribution in [3.8, 4) is 11.5 Å². The molecule has 0 atom stereocenters. The largest absolute Gasteiger partial charge is 0.494 e. The van der Waals surface area contributed by atoms with Crippen LogP contribution in [0.3, 0.4) is 0 Å². The molecule has 30 heavy (non-hydrogen) atoms. The van der Waals surface area contributed by atoms with Gasteiger partial charge in [0.1, 0.15) is 11.5 Å². The van der Waals surface area contributed by atoms with Crippen LogP contribution < -0.4 is 19.7 Å². The molecule has 1 N–H and O–H groups in total. The number of carbonyl (C=O) groups excluding carboxylic acids is 2. The Labute approximate surface area is 175 Å². The Kier molecular flexibility index (Phi) is 5.66. The third-order valence-electron chi connectivity index (χ3n) is 4.79. The SMILES string of the molecule is CCOc1ccc(NC(=O)c2ccc(CN3C(=O)COc4ccccc43)cc2)cc1. The molecule has 2 amide bonds. The Morgan fingerprint density at radius 3 is 2.50 bits per heavy atom. The summed E-state index contributed by atoms with van der Waals surface area (Å²) in [5, 5.41) is 2.87. The van der Waals surface area contributed by atoms with Gasteiger partial charge in [0.05, 0.1) is 18.8 Å². The highest BCUT2D eigenvalue weighted by atomic mass is 16.5. The lowest BCUT2D eigenvalue weighted by molar-refractivity contribution is -0.121. The molecule has 1 aliphatic rings. The Bertz CT molecular complexity index is 1050. The second-order valence-corrected chi connectivity index (χ2v) is 6.84. The van der Waals surface area contributed by atoms with E-state index in [1.807, 2.05) is 55.5 Å². The van der Waals surface area contributed by atoms with Crippen LogP contribution in [-0.4, -0.2) is 25.0 Å². The van der Waals surface area contributed by atoms with Crippen LogP contribution in [0.15, 0.2) is 72.8 Å². The van der Waals surface area contributed by atoms with Crippen LogP contribution in [0.1, 0.15) is 22.8 Å². The second-order valence-electron chi connectivity index (χ2n) is 6.84. The first-order chi connectivity index (χ1) is 14.6. The number of amides is 2. The molecule has 6 heteroatoms. The number of fused-ring (bicyclic) bond motifs is 1. The molecule has 0 aliphatic carbocycles. The van der Waals surface area contributed by atoms with Gasteiger partial charge >= 0.3 is 0 Å². The molecule has 0 radical (unpaired) electrons. The maximum Gasteiger partial charge on any atom is 0.265 e. The van der Waals surface area contributed by atoms with Gasteiger partial charge in [-0.3, -0.25) is 9.59 Å². The number of ether oxygens (including phenoxy) is 2. The Balaban J connectivity index is 1.43. The van der Waals surface area contributed by atoms with Crippen LogP contribution in [0.4, 0.5) is 11.4 Å². The first-order valence-corrected chi connectivity index (χ1v) is 9.79. The fourth-order valence-electron chi connectivity index (χ4n) is 3.28. The van der Waals surface area contributed by atoms with Crippen LogP contribution in [0.2, 0.25) is 0 Å². The normalized spacial score (nSPS) is 12.7. The van der Waals surface area contributed by atoms with E-state index in [1.165, 1.54) is 0 Å². The minimum absolute atomic E-state index is 0.0274. The van der Waals surface area contributed by atoms with E-state index >= 15 is 0 Å². The zero-order valence-corrected chi connectivity index (χ0v) is 16.6. The summed E-state index contributed by atoms with van der Waals surface area (Å²) in [6.45, 7) is 2.96. The van der Waals surface area contributed by atoms with Gasteiger partial charge in [-0.2, -0.15) is 0 Å². The van der Waals surface area contributed by atoms with E-state index in [4.69, 9.17) is 9.47 Å². The minimum Gasteiger partial charge on any atom is -0.494 e. The lowest BCUT2D eigenvalue weighted by atomic mass is 10.1. The molecule has 3 aromatic carbocycles. The van der Waals surface area contributed by atoms with Crippen molar-refractivity contribution in [2.45, 2.75) is 13.5 Å². The predicted octanol–water partition coefficient (Wildman–Crippen LogP) is 4.26. The van der Waals surface area contributed by atoms with Gasteiger partial charge in [0, 0.05) is 11.3 Å². The first kappa shape index (κ1) is 19.5. The summed E-state index contributed by atoms with van der Waals surface area (Å²) in [4.78, 5) is 26.6. The summed E-state index contributed by atoms with van der Waals surface area (Å²) in [5.41, 5.74) is 2.92. The van der Waals surface area contributed by atoms with Gasteiger partial charge in [-0.25, -0.2) is 0 Å². The number of carbonyl (C=O) groups is 2. The highest BCUT2D eigenvalue weighted by Crippen LogP contribution is 2.32. The van der Waals surface area contributed by atoms with Crippen LogP contribution in [0.25, 0.3) is 0 Å². The fourth-order valence-corrected chi connectivity index (χ4v) is 3.28. The minimum atomic E-state index is -0.196. The Morgan fingerprint density at radius 1 is 1.03 bits per heavy atom. The molecular formula is C24H22N2O4. The average Bonchev–Trinajstić information content (AvgIpc) is 2.78. The molecule has 0 spiro atoms. The second kappa shape index (κ2) is 8.69. The standard InChI is InChI=1S/C24H22N2O4/c1-2-29-20-13-11-19(12-14-20)25-24(28)18-9-7-17(8-10-18)15-26-21-5-3-4-6-22(21)30-16-23(26)27/h3-14H,2,15-16H2,1H3,(H,25,28). The van der Waals surface area contributed by atoms with Crippen molar-refractivity contribution in [2.24, 2.45) is 0 Å². The van der Waals surface area contributed by atoms with Crippen LogP contribution >= 0.6 is 0 Å². The summed E-state index contributed by atoms with van der Waals surface area (Å²) in [7, 11) is 0. The molecule has 6 nitrogen and oxygen atoms in total. The van der Waals surface area contributed by atoms with Crippen molar-refractivity contribution in [3.05, 3.63) is 83.9 Å². The molecule has 0 unspecified atom stereocenters. The molecule has 152 valence electrons. The zero-order chi connectivity index (χ0) is 20.9. The van der Waals surface area contributed by atoms with Gasteiger partial charge in [0.25, 0.3) is 11.8 Å². The maximum absolute atomic E-state index is 12.5. The molecule has 0 bridgehead atoms. The number of rotatable bonds is 6. The summed E-state index contributed by atoms with van der Waals surface area (Å²) in [6.07, 6.45) is 0. The van der Waals surface area contributed by atoms with Crippen molar-refractivity contribution >= 4 is 23.2 Å². The van der Waals surface area contributed by atoms with Crippen molar-refractivity contribution in [2.75, 3.05) is 23.4 Å². The molecular weight excluding hydrogens is 380 g/mol. The molecule has 0 saturated heterocycles. The zero-order valence-electron chi connectivity index (χ0n) is 16.6. The summed E-state index contributed by atoms with van der Waals surface area (Å²) >= 11 is 0. The van der Waals surface area contributed by atoms with E-state index in [-0.39, 0.29) is 18.4 Å². The van der Waals surface area contributed by atoms with E-state index in [1.54, 1.807) is 29.2 Å². The third-order valence-corrected chi connectivity index (χ3v) is 4.79. The number of nitrogens with zero attached hydrogens (tertiary/aromatic N) is 1. The smallest absolute Gasteiger partial charge is 0.265 e. The van der Waals surface area contributed by atoms with E-state index in [2.05, 4.69) is 5.32 Å². The number of anilines is 2. The number of hydrogen-bond acceptors (Lipinski definition) is 4. The van der Waals surface area contributed by atoms with Crippen LogP contribution in [0.5, 0.6) is 11.5 Å². The van der Waals surface area contributed by atoms with E-state index in [0.717, 1.165) is 17.0 Å². The van der Waals surface area contributed by atoms with Gasteiger partial charge in [-0.15, -0.1) is 0 Å². The van der Waals surface area contributed by atoms with Crippen LogP contribution in [-0.2, 0) is 11.3 Å². The van der Waals surface area contributed by atoms with E-state index in [0.29, 0.717) is 30.2 Å². The Morgan fingerprint density at radius 2 is 1.77 bits per heavy atom. The average molecular weight is 402 g/mol. The van der Waals surface area contributed by atoms with Crippen molar-refractivity contribution in [3.63, 3.8) is 0 Å². The van der Waals surface area contributed by atoms with Crippen molar-refractivity contribution in [1.82, 2.24) is 0 Å². The molecule has 1 aliphatic heterocycles. The maximum atomic E-state index is 12.5. The molecule has 0 saturated carbocycles. The van der Waals surface area contributed by atoms with Gasteiger partial charge in [0.2, 0.25) is 0 Å². The Hall–Kier alpha value is -3.80. The highest BCUT2D eigenvalue weighted by molar-refractivity contribution is 6.04. The van der Waals surface area contributed by atoms with Gasteiger partial charge in [-0.1, -0.05) is 24.3 Å². The number of hydrogen-bond donors (Lipinski definition) is 1. The summed E-state index contributed by atoms with van der Waals surface area (Å²) in [5.74, 6) is 1.17. The quantitative estimate of drug-likeness (QED) is 0.669. The molecule has 0 aromatic heterocycles. The highest BCUT2D eigenvalue weighted by Gasteiger charge is 2.25.